The maximum Gasteiger partial charge on any atom is 0.231 e. The van der Waals surface area contributed by atoms with Gasteiger partial charge in [0.2, 0.25) is 5.91 Å². The molecule has 0 bridgehead atoms. The number of primary amides is 1. The first-order chi connectivity index (χ1) is 12.2. The van der Waals surface area contributed by atoms with Crippen LogP contribution in [-0.2, 0) is 16.1 Å². The Labute approximate surface area is 172 Å². The first-order valence-corrected chi connectivity index (χ1v) is 8.77. The van der Waals surface area contributed by atoms with Crippen LogP contribution in [0.1, 0.15) is 18.4 Å². The van der Waals surface area contributed by atoms with Crippen LogP contribution in [0.15, 0.2) is 35.3 Å². The molecule has 1 aliphatic rings. The minimum absolute atomic E-state index is 0. The van der Waals surface area contributed by atoms with Crippen molar-refractivity contribution in [2.24, 2.45) is 10.7 Å². The summed E-state index contributed by atoms with van der Waals surface area (Å²) >= 11 is 0. The molecule has 1 aromatic carbocycles. The number of aliphatic imine (C=N–C) groups is 1. The van der Waals surface area contributed by atoms with E-state index in [0.29, 0.717) is 32.3 Å². The number of hydrogen-bond donors (Lipinski definition) is 3. The quantitative estimate of drug-likeness (QED) is 0.225. The maximum absolute atomic E-state index is 11.0. The van der Waals surface area contributed by atoms with Gasteiger partial charge in [0.05, 0.1) is 19.8 Å². The molecule has 4 N–H and O–H groups in total. The van der Waals surface area contributed by atoms with Crippen molar-refractivity contribution in [2.75, 3.05) is 39.8 Å². The first-order valence-electron chi connectivity index (χ1n) is 8.77. The van der Waals surface area contributed by atoms with E-state index in [1.165, 1.54) is 5.56 Å². The number of halogens is 1. The summed E-state index contributed by atoms with van der Waals surface area (Å²) < 4.78 is 5.66. The van der Waals surface area contributed by atoms with Gasteiger partial charge in [-0.15, -0.1) is 24.0 Å². The topological polar surface area (TPSA) is 92.0 Å². The Hall–Kier alpha value is -1.39. The number of carbonyl (C=O) groups is 1. The molecular formula is C18H30IN5O2. The van der Waals surface area contributed by atoms with Gasteiger partial charge in [-0.2, -0.15) is 0 Å². The molecule has 0 spiro atoms. The monoisotopic (exact) mass is 475 g/mol. The lowest BCUT2D eigenvalue weighted by Crippen LogP contribution is -2.50. The molecule has 0 radical (unpaired) electrons. The molecule has 0 aliphatic carbocycles. The van der Waals surface area contributed by atoms with Gasteiger partial charge in [-0.25, -0.2) is 0 Å². The van der Waals surface area contributed by atoms with Crippen LogP contribution in [0, 0.1) is 0 Å². The number of nitrogens with zero attached hydrogens (tertiary/aromatic N) is 2. The Morgan fingerprint density at radius 2 is 2.00 bits per heavy atom. The minimum Gasteiger partial charge on any atom is -0.375 e. The third-order valence-corrected chi connectivity index (χ3v) is 4.18. The molecule has 146 valence electrons. The van der Waals surface area contributed by atoms with Crippen LogP contribution < -0.4 is 16.4 Å². The molecule has 1 heterocycles. The summed E-state index contributed by atoms with van der Waals surface area (Å²) in [7, 11) is 1.77. The number of ether oxygens (including phenoxy) is 1. The standard InChI is InChI=1S/C18H29N5O2.HI/c1-20-18(21-9-12-25-14-15-5-3-2-4-6-15)22-16-7-10-23(11-8-16)13-17(19)24;/h2-6,16H,7-14H2,1H3,(H2,19,24)(H2,20,21,22);1H. The average Bonchev–Trinajstić information content (AvgIpc) is 2.62. The van der Waals surface area contributed by atoms with Crippen molar-refractivity contribution < 1.29 is 9.53 Å². The zero-order chi connectivity index (χ0) is 17.9. The van der Waals surface area contributed by atoms with E-state index in [1.807, 2.05) is 18.2 Å². The summed E-state index contributed by atoms with van der Waals surface area (Å²) in [6.07, 6.45) is 1.94. The fourth-order valence-corrected chi connectivity index (χ4v) is 2.85. The normalized spacial score (nSPS) is 16.0. The van der Waals surface area contributed by atoms with Crippen LogP contribution in [0.2, 0.25) is 0 Å². The lowest BCUT2D eigenvalue weighted by molar-refractivity contribution is -0.119. The number of amides is 1. The average molecular weight is 475 g/mol. The molecule has 0 unspecified atom stereocenters. The molecule has 1 saturated heterocycles. The summed E-state index contributed by atoms with van der Waals surface area (Å²) in [5.74, 6) is 0.524. The molecule has 0 atom stereocenters. The van der Waals surface area contributed by atoms with Gasteiger partial charge in [-0.1, -0.05) is 30.3 Å². The zero-order valence-corrected chi connectivity index (χ0v) is 17.6. The molecule has 26 heavy (non-hydrogen) atoms. The summed E-state index contributed by atoms with van der Waals surface area (Å²) in [6, 6.07) is 10.5. The third kappa shape index (κ3) is 8.81. The molecule has 0 saturated carbocycles. The SMILES string of the molecule is CN=C(NCCOCc1ccccc1)NC1CCN(CC(N)=O)CC1.I. The van der Waals surface area contributed by atoms with Gasteiger partial charge in [0.1, 0.15) is 0 Å². The molecule has 7 nitrogen and oxygen atoms in total. The number of nitrogens with one attached hydrogen (secondary N) is 2. The van der Waals surface area contributed by atoms with Gasteiger partial charge in [-0.3, -0.25) is 14.7 Å². The highest BCUT2D eigenvalue weighted by Gasteiger charge is 2.20. The van der Waals surface area contributed by atoms with Gasteiger partial charge in [0, 0.05) is 32.7 Å². The van der Waals surface area contributed by atoms with Crippen LogP contribution in [-0.4, -0.2) is 62.6 Å². The number of benzene rings is 1. The van der Waals surface area contributed by atoms with Crippen LogP contribution in [0.3, 0.4) is 0 Å². The van der Waals surface area contributed by atoms with Gasteiger partial charge in [-0.05, 0) is 18.4 Å². The second-order valence-corrected chi connectivity index (χ2v) is 6.20. The number of rotatable bonds is 8. The Kier molecular flexibility index (Phi) is 11.2. The summed E-state index contributed by atoms with van der Waals surface area (Å²) in [4.78, 5) is 17.3. The van der Waals surface area contributed by atoms with Crippen LogP contribution >= 0.6 is 24.0 Å². The van der Waals surface area contributed by atoms with Crippen molar-refractivity contribution in [1.29, 1.82) is 0 Å². The highest BCUT2D eigenvalue weighted by Crippen LogP contribution is 2.09. The molecule has 1 aromatic rings. The Bertz CT molecular complexity index is 548. The van der Waals surface area contributed by atoms with Crippen molar-refractivity contribution in [3.63, 3.8) is 0 Å². The predicted molar refractivity (Wildman–Crippen MR) is 115 cm³/mol. The maximum atomic E-state index is 11.0. The van der Waals surface area contributed by atoms with E-state index in [9.17, 15) is 4.79 Å². The van der Waals surface area contributed by atoms with Crippen LogP contribution in [0.25, 0.3) is 0 Å². The molecule has 1 fully saturated rings. The molecule has 0 aromatic heterocycles. The van der Waals surface area contributed by atoms with E-state index in [-0.39, 0.29) is 29.9 Å². The van der Waals surface area contributed by atoms with E-state index in [0.717, 1.165) is 31.9 Å². The van der Waals surface area contributed by atoms with Crippen LogP contribution in [0.5, 0.6) is 0 Å². The van der Waals surface area contributed by atoms with Crippen LogP contribution in [0.4, 0.5) is 0 Å². The van der Waals surface area contributed by atoms with E-state index < -0.39 is 0 Å². The number of likely N-dealkylation sites (tertiary alicyclic amines) is 1. The number of nitrogens with two attached hydrogens (primary N) is 1. The Morgan fingerprint density at radius 3 is 2.62 bits per heavy atom. The van der Waals surface area contributed by atoms with E-state index in [2.05, 4.69) is 32.7 Å². The van der Waals surface area contributed by atoms with Gasteiger partial charge < -0.3 is 21.1 Å². The highest BCUT2D eigenvalue weighted by molar-refractivity contribution is 14.0. The Morgan fingerprint density at radius 1 is 1.31 bits per heavy atom. The fourth-order valence-electron chi connectivity index (χ4n) is 2.85. The molecule has 2 rings (SSSR count). The fraction of sp³-hybridized carbons (Fsp3) is 0.556. The third-order valence-electron chi connectivity index (χ3n) is 4.18. The van der Waals surface area contributed by atoms with Crippen molar-refractivity contribution in [2.45, 2.75) is 25.5 Å². The number of piperidine rings is 1. The van der Waals surface area contributed by atoms with Crippen molar-refractivity contribution >= 4 is 35.8 Å². The van der Waals surface area contributed by atoms with Gasteiger partial charge in [0.25, 0.3) is 0 Å². The van der Waals surface area contributed by atoms with Crippen molar-refractivity contribution in [3.05, 3.63) is 35.9 Å². The van der Waals surface area contributed by atoms with Crippen molar-refractivity contribution in [1.82, 2.24) is 15.5 Å². The first kappa shape index (κ1) is 22.7. The number of carbonyl (C=O) groups excluding carboxylic acids is 1. The summed E-state index contributed by atoms with van der Waals surface area (Å²) in [5, 5.41) is 6.70. The second kappa shape index (κ2) is 12.9. The predicted octanol–water partition coefficient (Wildman–Crippen LogP) is 0.936. The molecule has 8 heteroatoms. The summed E-state index contributed by atoms with van der Waals surface area (Å²) in [5.41, 5.74) is 6.41. The zero-order valence-electron chi connectivity index (χ0n) is 15.3. The largest absolute Gasteiger partial charge is 0.375 e. The van der Waals surface area contributed by atoms with E-state index >= 15 is 0 Å². The smallest absolute Gasteiger partial charge is 0.231 e. The second-order valence-electron chi connectivity index (χ2n) is 6.20. The van der Waals surface area contributed by atoms with Gasteiger partial charge >= 0.3 is 0 Å². The molecule has 1 amide bonds. The lowest BCUT2D eigenvalue weighted by Gasteiger charge is -2.32. The van der Waals surface area contributed by atoms with E-state index in [1.54, 1.807) is 7.05 Å². The number of guanidine groups is 1. The van der Waals surface area contributed by atoms with E-state index in [4.69, 9.17) is 10.5 Å². The highest BCUT2D eigenvalue weighted by atomic mass is 127. The minimum atomic E-state index is -0.264. The lowest BCUT2D eigenvalue weighted by atomic mass is 10.1. The molecule has 1 aliphatic heterocycles. The van der Waals surface area contributed by atoms with Gasteiger partial charge in [0.15, 0.2) is 5.96 Å². The summed E-state index contributed by atoms with van der Waals surface area (Å²) in [6.45, 7) is 4.03. The Balaban J connectivity index is 0.00000338. The molecular weight excluding hydrogens is 445 g/mol. The number of hydrogen-bond acceptors (Lipinski definition) is 4. The van der Waals surface area contributed by atoms with Crippen molar-refractivity contribution in [3.8, 4) is 0 Å².